The smallest absolute Gasteiger partial charge is 0.422 e. The van der Waals surface area contributed by atoms with Crippen molar-refractivity contribution in [1.29, 1.82) is 0 Å². The van der Waals surface area contributed by atoms with Gasteiger partial charge in [-0.15, -0.1) is 0 Å². The second-order valence-electron chi connectivity index (χ2n) is 7.21. The average molecular weight is 452 g/mol. The fraction of sp³-hybridized carbons (Fsp3) is 0.364. The fourth-order valence-electron chi connectivity index (χ4n) is 3.33. The van der Waals surface area contributed by atoms with Crippen molar-refractivity contribution in [2.75, 3.05) is 32.3 Å². The molecule has 1 N–H and O–H groups in total. The zero-order valence-electron chi connectivity index (χ0n) is 17.6. The molecule has 1 heterocycles. The monoisotopic (exact) mass is 452 g/mol. The summed E-state index contributed by atoms with van der Waals surface area (Å²) in [7, 11) is 3.01. The molecule has 1 unspecified atom stereocenters. The van der Waals surface area contributed by atoms with Crippen LogP contribution in [0.15, 0.2) is 42.5 Å². The summed E-state index contributed by atoms with van der Waals surface area (Å²) in [5.74, 6) is 0.122. The third-order valence-electron chi connectivity index (χ3n) is 4.97. The summed E-state index contributed by atoms with van der Waals surface area (Å²) in [6.45, 7) is -0.959. The maximum absolute atomic E-state index is 12.6. The van der Waals surface area contributed by atoms with Crippen molar-refractivity contribution in [1.82, 2.24) is 5.32 Å². The fourth-order valence-corrected chi connectivity index (χ4v) is 3.33. The number of rotatable bonds is 8. The van der Waals surface area contributed by atoms with Gasteiger partial charge in [0.2, 0.25) is 11.8 Å². The predicted molar refractivity (Wildman–Crippen MR) is 110 cm³/mol. The van der Waals surface area contributed by atoms with Crippen LogP contribution < -0.4 is 24.4 Å². The van der Waals surface area contributed by atoms with Gasteiger partial charge in [0.15, 0.2) is 18.1 Å². The van der Waals surface area contributed by atoms with E-state index >= 15 is 0 Å². The average Bonchev–Trinajstić information content (AvgIpc) is 3.17. The van der Waals surface area contributed by atoms with E-state index in [2.05, 4.69) is 10.1 Å². The quantitative estimate of drug-likeness (QED) is 0.665. The highest BCUT2D eigenvalue weighted by atomic mass is 19.4. The van der Waals surface area contributed by atoms with Crippen LogP contribution in [0.1, 0.15) is 12.0 Å². The van der Waals surface area contributed by atoms with Crippen LogP contribution in [0.4, 0.5) is 18.9 Å². The lowest BCUT2D eigenvalue weighted by Crippen LogP contribution is -2.32. The van der Waals surface area contributed by atoms with E-state index in [1.54, 1.807) is 30.3 Å². The highest BCUT2D eigenvalue weighted by molar-refractivity contribution is 6.00. The van der Waals surface area contributed by atoms with Gasteiger partial charge in [0.25, 0.3) is 0 Å². The van der Waals surface area contributed by atoms with Crippen LogP contribution in [0.25, 0.3) is 0 Å². The van der Waals surface area contributed by atoms with Gasteiger partial charge < -0.3 is 24.4 Å². The molecule has 1 aliphatic heterocycles. The minimum Gasteiger partial charge on any atom is -0.493 e. The maximum Gasteiger partial charge on any atom is 0.422 e. The van der Waals surface area contributed by atoms with E-state index in [1.165, 1.54) is 31.3 Å². The zero-order valence-corrected chi connectivity index (χ0v) is 17.6. The Morgan fingerprint density at radius 3 is 2.41 bits per heavy atom. The van der Waals surface area contributed by atoms with E-state index in [4.69, 9.17) is 9.47 Å². The van der Waals surface area contributed by atoms with Crippen LogP contribution in [0.2, 0.25) is 0 Å². The van der Waals surface area contributed by atoms with Crippen molar-refractivity contribution in [3.05, 3.63) is 48.0 Å². The van der Waals surface area contributed by atoms with Crippen molar-refractivity contribution in [3.8, 4) is 17.2 Å². The van der Waals surface area contributed by atoms with Crippen LogP contribution in [0.3, 0.4) is 0 Å². The Hall–Kier alpha value is -3.43. The van der Waals surface area contributed by atoms with Crippen LogP contribution in [-0.4, -0.2) is 45.4 Å². The molecule has 10 heteroatoms. The van der Waals surface area contributed by atoms with E-state index in [1.807, 2.05) is 0 Å². The Labute approximate surface area is 183 Å². The maximum atomic E-state index is 12.6. The SMILES string of the molecule is COc1ccc(N2CC(C(=O)NCc3ccc(OCC(F)(F)F)cc3)CC2=O)cc1OC. The lowest BCUT2D eigenvalue weighted by atomic mass is 10.1. The molecule has 32 heavy (non-hydrogen) atoms. The van der Waals surface area contributed by atoms with E-state index in [9.17, 15) is 22.8 Å². The third-order valence-corrected chi connectivity index (χ3v) is 4.97. The second-order valence-corrected chi connectivity index (χ2v) is 7.21. The Morgan fingerprint density at radius 1 is 1.09 bits per heavy atom. The van der Waals surface area contributed by atoms with Gasteiger partial charge in [-0.1, -0.05) is 12.1 Å². The molecule has 2 aromatic carbocycles. The number of nitrogens with one attached hydrogen (secondary N) is 1. The van der Waals surface area contributed by atoms with E-state index in [-0.39, 0.29) is 37.1 Å². The number of methoxy groups -OCH3 is 2. The number of anilines is 1. The molecule has 0 radical (unpaired) electrons. The molecule has 2 aromatic rings. The number of benzene rings is 2. The molecule has 1 saturated heterocycles. The minimum atomic E-state index is -4.41. The summed E-state index contributed by atoms with van der Waals surface area (Å²) in [6, 6.07) is 11.1. The molecule has 7 nitrogen and oxygen atoms in total. The highest BCUT2D eigenvalue weighted by Crippen LogP contribution is 2.34. The lowest BCUT2D eigenvalue weighted by Gasteiger charge is -2.18. The second kappa shape index (κ2) is 9.80. The first-order valence-corrected chi connectivity index (χ1v) is 9.78. The molecule has 0 bridgehead atoms. The molecule has 1 aliphatic rings. The standard InChI is InChI=1S/C22H23F3N2O5/c1-30-18-8-5-16(10-19(18)31-2)27-12-15(9-20(27)28)21(29)26-11-14-3-6-17(7-4-14)32-13-22(23,24)25/h3-8,10,15H,9,11-13H2,1-2H3,(H,26,29). The molecule has 0 saturated carbocycles. The Bertz CT molecular complexity index is 963. The molecule has 1 atom stereocenters. The van der Waals surface area contributed by atoms with Crippen LogP contribution >= 0.6 is 0 Å². The minimum absolute atomic E-state index is 0.0738. The van der Waals surface area contributed by atoms with Crippen LogP contribution in [0, 0.1) is 5.92 Å². The number of carbonyl (C=O) groups is 2. The van der Waals surface area contributed by atoms with Crippen molar-refractivity contribution < 1.29 is 37.0 Å². The Morgan fingerprint density at radius 2 is 1.78 bits per heavy atom. The number of hydrogen-bond acceptors (Lipinski definition) is 5. The summed E-state index contributed by atoms with van der Waals surface area (Å²) in [5, 5.41) is 2.77. The van der Waals surface area contributed by atoms with Gasteiger partial charge in [-0.3, -0.25) is 9.59 Å². The Kier molecular flexibility index (Phi) is 7.12. The first kappa shape index (κ1) is 23.2. The number of nitrogens with zero attached hydrogens (tertiary/aromatic N) is 1. The first-order chi connectivity index (χ1) is 15.2. The predicted octanol–water partition coefficient (Wildman–Crippen LogP) is 3.31. The van der Waals surface area contributed by atoms with E-state index in [0.29, 0.717) is 22.7 Å². The van der Waals surface area contributed by atoms with Gasteiger partial charge in [-0.25, -0.2) is 0 Å². The summed E-state index contributed by atoms with van der Waals surface area (Å²) in [5.41, 5.74) is 1.30. The van der Waals surface area contributed by atoms with Gasteiger partial charge in [-0.2, -0.15) is 13.2 Å². The van der Waals surface area contributed by atoms with Gasteiger partial charge in [0.1, 0.15) is 5.75 Å². The first-order valence-electron chi connectivity index (χ1n) is 9.78. The topological polar surface area (TPSA) is 77.1 Å². The number of alkyl halides is 3. The number of hydrogen-bond donors (Lipinski definition) is 1. The molecule has 172 valence electrons. The number of halogens is 3. The summed E-state index contributed by atoms with van der Waals surface area (Å²) in [6.07, 6.45) is -4.33. The lowest BCUT2D eigenvalue weighted by molar-refractivity contribution is -0.153. The molecule has 0 aliphatic carbocycles. The number of amides is 2. The molecular weight excluding hydrogens is 429 g/mol. The van der Waals surface area contributed by atoms with Crippen LogP contribution in [-0.2, 0) is 16.1 Å². The largest absolute Gasteiger partial charge is 0.493 e. The van der Waals surface area contributed by atoms with E-state index < -0.39 is 18.7 Å². The van der Waals surface area contributed by atoms with Gasteiger partial charge >= 0.3 is 6.18 Å². The summed E-state index contributed by atoms with van der Waals surface area (Å²) < 4.78 is 51.7. The summed E-state index contributed by atoms with van der Waals surface area (Å²) >= 11 is 0. The summed E-state index contributed by atoms with van der Waals surface area (Å²) in [4.78, 5) is 26.6. The van der Waals surface area contributed by atoms with Gasteiger partial charge in [0, 0.05) is 31.3 Å². The van der Waals surface area contributed by atoms with Crippen molar-refractivity contribution in [3.63, 3.8) is 0 Å². The van der Waals surface area contributed by atoms with Crippen molar-refractivity contribution in [2.24, 2.45) is 5.92 Å². The zero-order chi connectivity index (χ0) is 23.3. The molecule has 2 amide bonds. The van der Waals surface area contributed by atoms with E-state index in [0.717, 1.165) is 0 Å². The van der Waals surface area contributed by atoms with Gasteiger partial charge in [0.05, 0.1) is 20.1 Å². The van der Waals surface area contributed by atoms with Gasteiger partial charge in [-0.05, 0) is 29.8 Å². The molecular formula is C22H23F3N2O5. The Balaban J connectivity index is 1.55. The molecule has 3 rings (SSSR count). The highest BCUT2D eigenvalue weighted by Gasteiger charge is 2.35. The van der Waals surface area contributed by atoms with Crippen LogP contribution in [0.5, 0.6) is 17.2 Å². The number of ether oxygens (including phenoxy) is 3. The number of carbonyl (C=O) groups excluding carboxylic acids is 2. The molecule has 0 spiro atoms. The molecule has 1 fully saturated rings. The third kappa shape index (κ3) is 5.83. The molecule has 0 aromatic heterocycles. The normalized spacial score (nSPS) is 16.1. The van der Waals surface area contributed by atoms with Crippen molar-refractivity contribution in [2.45, 2.75) is 19.1 Å². The van der Waals surface area contributed by atoms with Crippen molar-refractivity contribution >= 4 is 17.5 Å².